The lowest BCUT2D eigenvalue weighted by molar-refractivity contribution is -0.117. The summed E-state index contributed by atoms with van der Waals surface area (Å²) < 4.78 is 0. The summed E-state index contributed by atoms with van der Waals surface area (Å²) in [6, 6.07) is 1.81. The van der Waals surface area contributed by atoms with Crippen LogP contribution in [0.25, 0.3) is 0 Å². The van der Waals surface area contributed by atoms with Gasteiger partial charge in [0.15, 0.2) is 0 Å². The van der Waals surface area contributed by atoms with E-state index in [9.17, 15) is 9.59 Å². The van der Waals surface area contributed by atoms with Crippen LogP contribution in [0.4, 0.5) is 0 Å². The number of nitrogens with zero attached hydrogens (tertiary/aromatic N) is 1. The molecule has 78 valence electrons. The summed E-state index contributed by atoms with van der Waals surface area (Å²) in [6.07, 6.45) is 0.0309. The first-order valence-corrected chi connectivity index (χ1v) is 4.38. The van der Waals surface area contributed by atoms with E-state index in [0.29, 0.717) is 16.8 Å². The normalized spacial score (nSPS) is 9.67. The lowest BCUT2D eigenvalue weighted by atomic mass is 10.0. The van der Waals surface area contributed by atoms with Gasteiger partial charge in [0.25, 0.3) is 5.56 Å². The first-order chi connectivity index (χ1) is 6.97. The second-order valence-corrected chi connectivity index (χ2v) is 3.31. The third kappa shape index (κ3) is 2.05. The van der Waals surface area contributed by atoms with E-state index in [4.69, 9.17) is 11.0 Å². The van der Waals surface area contributed by atoms with E-state index >= 15 is 0 Å². The second-order valence-electron chi connectivity index (χ2n) is 3.31. The average molecular weight is 205 g/mol. The molecule has 1 heterocycles. The van der Waals surface area contributed by atoms with E-state index in [1.54, 1.807) is 13.8 Å². The lowest BCUT2D eigenvalue weighted by Crippen LogP contribution is -2.21. The Labute approximate surface area is 86.5 Å². The molecule has 1 amide bonds. The molecule has 0 unspecified atom stereocenters. The van der Waals surface area contributed by atoms with Crippen molar-refractivity contribution >= 4 is 5.91 Å². The fraction of sp³-hybridized carbons (Fsp3) is 0.300. The minimum Gasteiger partial charge on any atom is -0.369 e. The lowest BCUT2D eigenvalue weighted by Gasteiger charge is -2.08. The molecular formula is C10H11N3O2. The van der Waals surface area contributed by atoms with Crippen LogP contribution in [0.1, 0.15) is 22.4 Å². The predicted molar refractivity (Wildman–Crippen MR) is 54.2 cm³/mol. The Morgan fingerprint density at radius 2 is 2.13 bits per heavy atom. The van der Waals surface area contributed by atoms with Crippen molar-refractivity contribution in [1.29, 1.82) is 5.26 Å². The number of hydrogen-bond donors (Lipinski definition) is 2. The number of nitrogens with two attached hydrogens (primary N) is 1. The minimum absolute atomic E-state index is 0.0309. The van der Waals surface area contributed by atoms with Crippen molar-refractivity contribution in [2.75, 3.05) is 0 Å². The van der Waals surface area contributed by atoms with E-state index < -0.39 is 11.5 Å². The monoisotopic (exact) mass is 205 g/mol. The van der Waals surface area contributed by atoms with Crippen LogP contribution in [-0.2, 0) is 11.2 Å². The molecular weight excluding hydrogens is 194 g/mol. The quantitative estimate of drug-likeness (QED) is 0.704. The molecule has 0 saturated carbocycles. The first-order valence-electron chi connectivity index (χ1n) is 4.38. The maximum atomic E-state index is 11.3. The van der Waals surface area contributed by atoms with Gasteiger partial charge in [0.05, 0.1) is 6.42 Å². The number of H-pyrrole nitrogens is 1. The number of nitriles is 1. The minimum atomic E-state index is -0.489. The van der Waals surface area contributed by atoms with Gasteiger partial charge in [-0.2, -0.15) is 5.26 Å². The van der Waals surface area contributed by atoms with Gasteiger partial charge < -0.3 is 10.7 Å². The highest BCUT2D eigenvalue weighted by Crippen LogP contribution is 2.12. The topological polar surface area (TPSA) is 99.7 Å². The van der Waals surface area contributed by atoms with Crippen molar-refractivity contribution in [3.8, 4) is 6.07 Å². The number of aromatic amines is 1. The van der Waals surface area contributed by atoms with E-state index in [2.05, 4.69) is 4.98 Å². The molecule has 5 nitrogen and oxygen atoms in total. The maximum absolute atomic E-state index is 11.3. The van der Waals surface area contributed by atoms with Gasteiger partial charge in [-0.15, -0.1) is 0 Å². The number of pyridine rings is 1. The summed E-state index contributed by atoms with van der Waals surface area (Å²) in [4.78, 5) is 24.7. The maximum Gasteiger partial charge on any atom is 0.266 e. The van der Waals surface area contributed by atoms with E-state index in [1.807, 2.05) is 6.07 Å². The molecule has 0 fully saturated rings. The van der Waals surface area contributed by atoms with Crippen LogP contribution in [-0.4, -0.2) is 10.9 Å². The van der Waals surface area contributed by atoms with Crippen LogP contribution >= 0.6 is 0 Å². The molecule has 1 rings (SSSR count). The Hall–Kier alpha value is -2.09. The molecule has 0 aliphatic rings. The molecule has 0 atom stereocenters. The number of aryl methyl sites for hydroxylation is 1. The summed E-state index contributed by atoms with van der Waals surface area (Å²) in [5, 5.41) is 8.76. The van der Waals surface area contributed by atoms with E-state index in [0.717, 1.165) is 0 Å². The Bertz CT molecular complexity index is 509. The average Bonchev–Trinajstić information content (AvgIpc) is 2.12. The number of carbonyl (C=O) groups is 1. The van der Waals surface area contributed by atoms with E-state index in [1.165, 1.54) is 0 Å². The molecule has 1 aromatic heterocycles. The van der Waals surface area contributed by atoms with Crippen molar-refractivity contribution in [2.24, 2.45) is 5.73 Å². The number of amides is 1. The van der Waals surface area contributed by atoms with Gasteiger partial charge in [0.2, 0.25) is 5.91 Å². The Morgan fingerprint density at radius 3 is 2.60 bits per heavy atom. The van der Waals surface area contributed by atoms with Gasteiger partial charge in [0, 0.05) is 5.69 Å². The number of hydrogen-bond acceptors (Lipinski definition) is 3. The van der Waals surface area contributed by atoms with Crippen LogP contribution in [0.5, 0.6) is 0 Å². The smallest absolute Gasteiger partial charge is 0.266 e. The highest BCUT2D eigenvalue weighted by molar-refractivity contribution is 5.77. The number of nitrogens with one attached hydrogen (secondary N) is 1. The Morgan fingerprint density at radius 1 is 1.53 bits per heavy atom. The van der Waals surface area contributed by atoms with Crippen LogP contribution in [0.15, 0.2) is 4.79 Å². The molecule has 15 heavy (non-hydrogen) atoms. The summed E-state index contributed by atoms with van der Waals surface area (Å²) in [5.41, 5.74) is 6.42. The van der Waals surface area contributed by atoms with Gasteiger partial charge in [-0.3, -0.25) is 9.59 Å². The Balaban J connectivity index is 3.47. The van der Waals surface area contributed by atoms with E-state index in [-0.39, 0.29) is 12.0 Å². The predicted octanol–water partition coefficient (Wildman–Crippen LogP) is -0.109. The fourth-order valence-corrected chi connectivity index (χ4v) is 1.48. The summed E-state index contributed by atoms with van der Waals surface area (Å²) in [6.45, 7) is 3.31. The second kappa shape index (κ2) is 3.96. The zero-order valence-electron chi connectivity index (χ0n) is 8.55. The fourth-order valence-electron chi connectivity index (χ4n) is 1.48. The first kappa shape index (κ1) is 11.0. The third-order valence-corrected chi connectivity index (χ3v) is 2.27. The van der Waals surface area contributed by atoms with Crippen LogP contribution in [0, 0.1) is 25.2 Å². The highest BCUT2D eigenvalue weighted by atomic mass is 16.1. The molecule has 0 aliphatic carbocycles. The summed E-state index contributed by atoms with van der Waals surface area (Å²) in [5.74, 6) is -0.489. The number of aromatic nitrogens is 1. The zero-order valence-corrected chi connectivity index (χ0v) is 8.55. The molecule has 0 saturated heterocycles. The van der Waals surface area contributed by atoms with Gasteiger partial charge in [-0.25, -0.2) is 0 Å². The molecule has 5 heteroatoms. The summed E-state index contributed by atoms with van der Waals surface area (Å²) in [7, 11) is 0. The molecule has 0 bridgehead atoms. The molecule has 0 aromatic carbocycles. The highest BCUT2D eigenvalue weighted by Gasteiger charge is 2.13. The van der Waals surface area contributed by atoms with Gasteiger partial charge in [0.1, 0.15) is 11.6 Å². The largest absolute Gasteiger partial charge is 0.369 e. The van der Waals surface area contributed by atoms with Crippen molar-refractivity contribution in [3.05, 3.63) is 32.7 Å². The molecule has 0 spiro atoms. The van der Waals surface area contributed by atoms with Crippen molar-refractivity contribution in [1.82, 2.24) is 4.98 Å². The van der Waals surface area contributed by atoms with Crippen LogP contribution < -0.4 is 11.3 Å². The SMILES string of the molecule is Cc1[nH]c(=O)c(C#N)c(C)c1CC(N)=O. The molecule has 3 N–H and O–H groups in total. The van der Waals surface area contributed by atoms with Gasteiger partial charge in [-0.1, -0.05) is 0 Å². The van der Waals surface area contributed by atoms with Crippen LogP contribution in [0.2, 0.25) is 0 Å². The zero-order chi connectivity index (χ0) is 11.6. The Kier molecular flexibility index (Phi) is 2.90. The van der Waals surface area contributed by atoms with Crippen molar-refractivity contribution in [2.45, 2.75) is 20.3 Å². The molecule has 0 aliphatic heterocycles. The van der Waals surface area contributed by atoms with Gasteiger partial charge >= 0.3 is 0 Å². The third-order valence-electron chi connectivity index (χ3n) is 2.27. The molecule has 0 radical (unpaired) electrons. The standard InChI is InChI=1S/C10H11N3O2/c1-5-7(3-9(12)14)6(2)13-10(15)8(5)4-11/h3H2,1-2H3,(H2,12,14)(H,13,15). The number of carbonyl (C=O) groups excluding carboxylic acids is 1. The summed E-state index contributed by atoms with van der Waals surface area (Å²) >= 11 is 0. The van der Waals surface area contributed by atoms with Crippen molar-refractivity contribution in [3.63, 3.8) is 0 Å². The van der Waals surface area contributed by atoms with Gasteiger partial charge in [-0.05, 0) is 25.0 Å². The van der Waals surface area contributed by atoms with Crippen LogP contribution in [0.3, 0.4) is 0 Å². The number of primary amides is 1. The molecule has 1 aromatic rings. The number of rotatable bonds is 2. The van der Waals surface area contributed by atoms with Crippen molar-refractivity contribution < 1.29 is 4.79 Å².